The number of carbonyl (C=O) groups excluding carboxylic acids is 1. The van der Waals surface area contributed by atoms with E-state index in [1.807, 2.05) is 34.6 Å². The van der Waals surface area contributed by atoms with Gasteiger partial charge in [-0.05, 0) is 33.1 Å². The van der Waals surface area contributed by atoms with Gasteiger partial charge >= 0.3 is 0 Å². The fourth-order valence-electron chi connectivity index (χ4n) is 1.01. The molecule has 0 spiro atoms. The topological polar surface area (TPSA) is 49.3 Å². The van der Waals surface area contributed by atoms with Crippen molar-refractivity contribution in [2.45, 2.75) is 52.7 Å². The Morgan fingerprint density at radius 1 is 1.38 bits per heavy atom. The number of amides is 1. The molecule has 0 aromatic carbocycles. The zero-order valence-corrected chi connectivity index (χ0v) is 9.22. The number of hydrogen-bond acceptors (Lipinski definition) is 2. The Labute approximate surface area is 80.5 Å². The van der Waals surface area contributed by atoms with E-state index in [0.29, 0.717) is 12.3 Å². The van der Waals surface area contributed by atoms with Crippen LogP contribution >= 0.6 is 0 Å². The van der Waals surface area contributed by atoms with E-state index in [9.17, 15) is 9.90 Å². The van der Waals surface area contributed by atoms with E-state index >= 15 is 0 Å². The summed E-state index contributed by atoms with van der Waals surface area (Å²) in [5.74, 6) is 0.0573. The Balaban J connectivity index is 3.97. The first-order valence-electron chi connectivity index (χ1n) is 4.72. The van der Waals surface area contributed by atoms with Crippen molar-refractivity contribution < 1.29 is 9.90 Å². The summed E-state index contributed by atoms with van der Waals surface area (Å²) in [6.07, 6.45) is -0.360. The molecule has 3 heteroatoms. The number of aliphatic hydroxyl groups is 1. The van der Waals surface area contributed by atoms with Crippen molar-refractivity contribution in [1.82, 2.24) is 5.32 Å². The minimum Gasteiger partial charge on any atom is -0.383 e. The molecule has 0 bridgehead atoms. The van der Waals surface area contributed by atoms with Crippen LogP contribution in [0, 0.1) is 5.92 Å². The van der Waals surface area contributed by atoms with E-state index in [0.717, 1.165) is 0 Å². The third-order valence-electron chi connectivity index (χ3n) is 1.50. The van der Waals surface area contributed by atoms with Crippen molar-refractivity contribution in [1.29, 1.82) is 0 Å². The van der Waals surface area contributed by atoms with Crippen molar-refractivity contribution in [3.63, 3.8) is 0 Å². The van der Waals surface area contributed by atoms with Gasteiger partial charge in [0.2, 0.25) is 5.91 Å². The summed E-state index contributed by atoms with van der Waals surface area (Å²) in [7, 11) is 0. The second-order valence-electron chi connectivity index (χ2n) is 4.88. The molecule has 3 nitrogen and oxygen atoms in total. The van der Waals surface area contributed by atoms with E-state index in [1.54, 1.807) is 0 Å². The van der Waals surface area contributed by atoms with Crippen LogP contribution in [0.25, 0.3) is 0 Å². The molecule has 0 saturated heterocycles. The van der Waals surface area contributed by atoms with E-state index in [4.69, 9.17) is 0 Å². The lowest BCUT2D eigenvalue weighted by Crippen LogP contribution is -2.46. The number of aliphatic hydroxyl groups excluding tert-OH is 1. The van der Waals surface area contributed by atoms with Crippen molar-refractivity contribution >= 4 is 5.91 Å². The third-order valence-corrected chi connectivity index (χ3v) is 1.50. The van der Waals surface area contributed by atoms with Crippen LogP contribution in [0.3, 0.4) is 0 Å². The zero-order valence-electron chi connectivity index (χ0n) is 9.22. The molecule has 0 radical (unpaired) electrons. The number of carbonyl (C=O) groups is 1. The summed E-state index contributed by atoms with van der Waals surface area (Å²) in [6.45, 7) is 9.65. The van der Waals surface area contributed by atoms with E-state index < -0.39 is 6.10 Å². The standard InChI is InChI=1S/C10H21NO2/c1-7(2)6-8(12)9(13)11-10(3,4)5/h7-8,12H,6H2,1-5H3,(H,11,13). The van der Waals surface area contributed by atoms with Crippen LogP contribution < -0.4 is 5.32 Å². The van der Waals surface area contributed by atoms with Crippen LogP contribution in [0.4, 0.5) is 0 Å². The van der Waals surface area contributed by atoms with Gasteiger partial charge in [0.25, 0.3) is 0 Å². The lowest BCUT2D eigenvalue weighted by Gasteiger charge is -2.23. The lowest BCUT2D eigenvalue weighted by molar-refractivity contribution is -0.131. The van der Waals surface area contributed by atoms with E-state index in [1.165, 1.54) is 0 Å². The monoisotopic (exact) mass is 187 g/mol. The summed E-state index contributed by atoms with van der Waals surface area (Å²) in [6, 6.07) is 0. The van der Waals surface area contributed by atoms with Gasteiger partial charge in [-0.3, -0.25) is 4.79 Å². The van der Waals surface area contributed by atoms with Crippen molar-refractivity contribution in [3.8, 4) is 0 Å². The van der Waals surface area contributed by atoms with Gasteiger partial charge < -0.3 is 10.4 Å². The second-order valence-corrected chi connectivity index (χ2v) is 4.88. The molecule has 0 aliphatic carbocycles. The molecule has 2 N–H and O–H groups in total. The van der Waals surface area contributed by atoms with Crippen molar-refractivity contribution in [2.75, 3.05) is 0 Å². The molecule has 0 fully saturated rings. The average molecular weight is 187 g/mol. The molecule has 78 valence electrons. The molecule has 13 heavy (non-hydrogen) atoms. The van der Waals surface area contributed by atoms with Crippen molar-refractivity contribution in [3.05, 3.63) is 0 Å². The predicted octanol–water partition coefficient (Wildman–Crippen LogP) is 1.31. The van der Waals surface area contributed by atoms with Gasteiger partial charge in [0.05, 0.1) is 0 Å². The van der Waals surface area contributed by atoms with E-state index in [2.05, 4.69) is 5.32 Å². The van der Waals surface area contributed by atoms with Gasteiger partial charge in [0.1, 0.15) is 6.10 Å². The van der Waals surface area contributed by atoms with Crippen LogP contribution in [-0.4, -0.2) is 22.7 Å². The quantitative estimate of drug-likeness (QED) is 0.700. The Hall–Kier alpha value is -0.570. The van der Waals surface area contributed by atoms with E-state index in [-0.39, 0.29) is 11.4 Å². The average Bonchev–Trinajstić information content (AvgIpc) is 1.81. The zero-order chi connectivity index (χ0) is 10.6. The Morgan fingerprint density at radius 3 is 2.15 bits per heavy atom. The summed E-state index contributed by atoms with van der Waals surface area (Å²) < 4.78 is 0. The molecular weight excluding hydrogens is 166 g/mol. The van der Waals surface area contributed by atoms with Crippen LogP contribution in [0.2, 0.25) is 0 Å². The van der Waals surface area contributed by atoms with Gasteiger partial charge in [-0.2, -0.15) is 0 Å². The molecular formula is C10H21NO2. The highest BCUT2D eigenvalue weighted by molar-refractivity contribution is 5.81. The highest BCUT2D eigenvalue weighted by Gasteiger charge is 2.21. The molecule has 0 heterocycles. The summed E-state index contributed by atoms with van der Waals surface area (Å²) in [4.78, 5) is 11.3. The second kappa shape index (κ2) is 4.61. The van der Waals surface area contributed by atoms with Crippen LogP contribution in [0.15, 0.2) is 0 Å². The summed E-state index contributed by atoms with van der Waals surface area (Å²) in [5.41, 5.74) is -0.269. The van der Waals surface area contributed by atoms with Crippen molar-refractivity contribution in [2.24, 2.45) is 5.92 Å². The maximum atomic E-state index is 11.3. The first-order chi connectivity index (χ1) is 5.72. The SMILES string of the molecule is CC(C)CC(O)C(=O)NC(C)(C)C. The Morgan fingerprint density at radius 2 is 1.85 bits per heavy atom. The van der Waals surface area contributed by atoms with Crippen LogP contribution in [0.1, 0.15) is 41.0 Å². The highest BCUT2D eigenvalue weighted by atomic mass is 16.3. The highest BCUT2D eigenvalue weighted by Crippen LogP contribution is 2.06. The molecule has 0 aliphatic rings. The minimum atomic E-state index is -0.876. The first-order valence-corrected chi connectivity index (χ1v) is 4.72. The smallest absolute Gasteiger partial charge is 0.249 e. The lowest BCUT2D eigenvalue weighted by atomic mass is 10.0. The largest absolute Gasteiger partial charge is 0.383 e. The van der Waals surface area contributed by atoms with Gasteiger partial charge in [-0.25, -0.2) is 0 Å². The first kappa shape index (κ1) is 12.4. The normalized spacial score (nSPS) is 14.4. The molecule has 1 atom stereocenters. The molecule has 1 amide bonds. The van der Waals surface area contributed by atoms with Crippen LogP contribution in [-0.2, 0) is 4.79 Å². The van der Waals surface area contributed by atoms with Gasteiger partial charge in [0.15, 0.2) is 0 Å². The molecule has 0 saturated carbocycles. The molecule has 1 unspecified atom stereocenters. The maximum Gasteiger partial charge on any atom is 0.249 e. The molecule has 0 aromatic heterocycles. The number of nitrogens with one attached hydrogen (secondary N) is 1. The van der Waals surface area contributed by atoms with Gasteiger partial charge in [0, 0.05) is 5.54 Å². The fourth-order valence-corrected chi connectivity index (χ4v) is 1.01. The molecule has 0 aliphatic heterocycles. The maximum absolute atomic E-state index is 11.3. The molecule has 0 rings (SSSR count). The fraction of sp³-hybridized carbons (Fsp3) is 0.900. The van der Waals surface area contributed by atoms with Gasteiger partial charge in [-0.1, -0.05) is 13.8 Å². The molecule has 0 aromatic rings. The third kappa shape index (κ3) is 6.58. The van der Waals surface area contributed by atoms with Crippen LogP contribution in [0.5, 0.6) is 0 Å². The van der Waals surface area contributed by atoms with Gasteiger partial charge in [-0.15, -0.1) is 0 Å². The summed E-state index contributed by atoms with van der Waals surface area (Å²) >= 11 is 0. The Bertz CT molecular complexity index is 170. The number of rotatable bonds is 3. The predicted molar refractivity (Wildman–Crippen MR) is 53.4 cm³/mol. The Kier molecular flexibility index (Phi) is 4.40. The minimum absolute atomic E-state index is 0.269. The summed E-state index contributed by atoms with van der Waals surface area (Å²) in [5, 5.41) is 12.2. The number of hydrogen-bond donors (Lipinski definition) is 2.